The van der Waals surface area contributed by atoms with Crippen LogP contribution in [0.15, 0.2) is 43.2 Å². The second-order valence-corrected chi connectivity index (χ2v) is 3.29. The average Bonchev–Trinajstić information content (AvgIpc) is 2.68. The van der Waals surface area contributed by atoms with Gasteiger partial charge in [0, 0.05) is 6.54 Å². The molecule has 0 atom stereocenters. The molecular weight excluding hydrogens is 188 g/mol. The summed E-state index contributed by atoms with van der Waals surface area (Å²) in [6.45, 7) is 5.72. The smallest absolute Gasteiger partial charge is 0.0959 e. The summed E-state index contributed by atoms with van der Waals surface area (Å²) in [5, 5.41) is 0. The summed E-state index contributed by atoms with van der Waals surface area (Å²) in [6, 6.07) is 8.09. The Bertz CT molecular complexity index is 448. The third-order valence-electron chi connectivity index (χ3n) is 2.24. The van der Waals surface area contributed by atoms with E-state index in [4.69, 9.17) is 4.74 Å². The van der Waals surface area contributed by atoms with Gasteiger partial charge in [-0.3, -0.25) is 0 Å². The monoisotopic (exact) mass is 202 g/mol. The van der Waals surface area contributed by atoms with Crippen LogP contribution < -0.4 is 0 Å². The van der Waals surface area contributed by atoms with Gasteiger partial charge in [-0.05, 0) is 12.1 Å². The molecule has 3 heteroatoms. The minimum atomic E-state index is 0.604. The minimum Gasteiger partial charge on any atom is -0.376 e. The van der Waals surface area contributed by atoms with Crippen LogP contribution in [0.25, 0.3) is 11.0 Å². The zero-order valence-corrected chi connectivity index (χ0v) is 8.60. The van der Waals surface area contributed by atoms with Gasteiger partial charge in [0.1, 0.15) is 0 Å². The van der Waals surface area contributed by atoms with Crippen LogP contribution >= 0.6 is 0 Å². The Hall–Kier alpha value is -1.61. The van der Waals surface area contributed by atoms with Gasteiger partial charge < -0.3 is 9.30 Å². The van der Waals surface area contributed by atoms with Gasteiger partial charge in [-0.2, -0.15) is 0 Å². The van der Waals surface area contributed by atoms with Crippen LogP contribution in [-0.2, 0) is 11.3 Å². The second kappa shape index (κ2) is 4.75. The second-order valence-electron chi connectivity index (χ2n) is 3.29. The first-order valence-corrected chi connectivity index (χ1v) is 5.00. The predicted molar refractivity (Wildman–Crippen MR) is 60.7 cm³/mol. The molecule has 0 spiro atoms. The van der Waals surface area contributed by atoms with Crippen molar-refractivity contribution in [3.8, 4) is 0 Å². The number of rotatable bonds is 5. The van der Waals surface area contributed by atoms with Gasteiger partial charge in [0.2, 0.25) is 0 Å². The van der Waals surface area contributed by atoms with E-state index in [9.17, 15) is 0 Å². The first-order chi connectivity index (χ1) is 7.42. The Kier molecular flexibility index (Phi) is 3.15. The normalized spacial score (nSPS) is 10.7. The molecule has 0 fully saturated rings. The van der Waals surface area contributed by atoms with E-state index in [-0.39, 0.29) is 0 Å². The maximum absolute atomic E-state index is 5.34. The molecule has 0 aliphatic heterocycles. The Labute approximate surface area is 89.0 Å². The Morgan fingerprint density at radius 3 is 3.13 bits per heavy atom. The van der Waals surface area contributed by atoms with Crippen molar-refractivity contribution in [3.63, 3.8) is 0 Å². The molecule has 0 aliphatic rings. The average molecular weight is 202 g/mol. The van der Waals surface area contributed by atoms with Crippen molar-refractivity contribution in [2.45, 2.75) is 6.54 Å². The number of fused-ring (bicyclic) bond motifs is 1. The molecule has 0 N–H and O–H groups in total. The lowest BCUT2D eigenvalue weighted by Gasteiger charge is -2.03. The molecule has 0 radical (unpaired) electrons. The number of ether oxygens (including phenoxy) is 1. The fourth-order valence-electron chi connectivity index (χ4n) is 1.52. The Balaban J connectivity index is 2.05. The summed E-state index contributed by atoms with van der Waals surface area (Å²) in [5.74, 6) is 0. The molecule has 78 valence electrons. The van der Waals surface area contributed by atoms with E-state index in [0.717, 1.165) is 17.6 Å². The molecule has 0 unspecified atom stereocenters. The van der Waals surface area contributed by atoms with Crippen molar-refractivity contribution >= 4 is 11.0 Å². The number of hydrogen-bond donors (Lipinski definition) is 0. The van der Waals surface area contributed by atoms with Crippen molar-refractivity contribution < 1.29 is 4.74 Å². The molecule has 1 aromatic carbocycles. The largest absolute Gasteiger partial charge is 0.376 e. The number of para-hydroxylation sites is 2. The van der Waals surface area contributed by atoms with Crippen LogP contribution in [-0.4, -0.2) is 22.8 Å². The maximum Gasteiger partial charge on any atom is 0.0959 e. The van der Waals surface area contributed by atoms with Crippen LogP contribution in [0, 0.1) is 0 Å². The molecule has 0 amide bonds. The van der Waals surface area contributed by atoms with Crippen LogP contribution in [0.5, 0.6) is 0 Å². The minimum absolute atomic E-state index is 0.604. The van der Waals surface area contributed by atoms with Crippen LogP contribution in [0.2, 0.25) is 0 Å². The molecule has 1 aromatic heterocycles. The summed E-state index contributed by atoms with van der Waals surface area (Å²) in [4.78, 5) is 4.30. The maximum atomic E-state index is 5.34. The lowest BCUT2D eigenvalue weighted by Crippen LogP contribution is -2.04. The van der Waals surface area contributed by atoms with Gasteiger partial charge in [0.25, 0.3) is 0 Å². The molecule has 0 saturated carbocycles. The van der Waals surface area contributed by atoms with Crippen molar-refractivity contribution in [1.29, 1.82) is 0 Å². The molecule has 2 rings (SSSR count). The van der Waals surface area contributed by atoms with Gasteiger partial charge in [0.05, 0.1) is 30.6 Å². The predicted octanol–water partition coefficient (Wildman–Crippen LogP) is 2.24. The molecule has 3 nitrogen and oxygen atoms in total. The quantitative estimate of drug-likeness (QED) is 0.549. The molecular formula is C12H14N2O. The highest BCUT2D eigenvalue weighted by Crippen LogP contribution is 2.11. The fourth-order valence-corrected chi connectivity index (χ4v) is 1.52. The van der Waals surface area contributed by atoms with Crippen molar-refractivity contribution in [2.75, 3.05) is 13.2 Å². The lowest BCUT2D eigenvalue weighted by atomic mass is 10.3. The van der Waals surface area contributed by atoms with E-state index >= 15 is 0 Å². The highest BCUT2D eigenvalue weighted by molar-refractivity contribution is 5.74. The summed E-state index contributed by atoms with van der Waals surface area (Å²) in [5.41, 5.74) is 2.18. The third-order valence-corrected chi connectivity index (χ3v) is 2.24. The molecule has 0 aliphatic carbocycles. The van der Waals surface area contributed by atoms with E-state index in [2.05, 4.69) is 22.2 Å². The standard InChI is InChI=1S/C12H14N2O/c1-2-8-15-9-7-14-10-13-11-5-3-4-6-12(11)14/h2-6,10H,1,7-9H2. The summed E-state index contributed by atoms with van der Waals surface area (Å²) in [6.07, 6.45) is 3.61. The summed E-state index contributed by atoms with van der Waals surface area (Å²) < 4.78 is 7.43. The molecule has 15 heavy (non-hydrogen) atoms. The van der Waals surface area contributed by atoms with E-state index < -0.39 is 0 Å². The number of benzene rings is 1. The first kappa shape index (κ1) is 9.93. The van der Waals surface area contributed by atoms with Gasteiger partial charge >= 0.3 is 0 Å². The van der Waals surface area contributed by atoms with E-state index in [1.165, 1.54) is 0 Å². The van der Waals surface area contributed by atoms with E-state index in [1.54, 1.807) is 6.08 Å². The van der Waals surface area contributed by atoms with Crippen molar-refractivity contribution in [1.82, 2.24) is 9.55 Å². The van der Waals surface area contributed by atoms with E-state index in [0.29, 0.717) is 13.2 Å². The number of imidazole rings is 1. The molecule has 0 bridgehead atoms. The third kappa shape index (κ3) is 2.25. The fraction of sp³-hybridized carbons (Fsp3) is 0.250. The number of hydrogen-bond acceptors (Lipinski definition) is 2. The van der Waals surface area contributed by atoms with Crippen molar-refractivity contribution in [3.05, 3.63) is 43.2 Å². The van der Waals surface area contributed by atoms with Gasteiger partial charge in [0.15, 0.2) is 0 Å². The Morgan fingerprint density at radius 2 is 2.27 bits per heavy atom. The zero-order valence-electron chi connectivity index (χ0n) is 8.60. The number of nitrogens with zero attached hydrogens (tertiary/aromatic N) is 2. The summed E-state index contributed by atoms with van der Waals surface area (Å²) in [7, 11) is 0. The molecule has 2 aromatic rings. The van der Waals surface area contributed by atoms with Gasteiger partial charge in [-0.15, -0.1) is 6.58 Å². The first-order valence-electron chi connectivity index (χ1n) is 5.00. The lowest BCUT2D eigenvalue weighted by molar-refractivity contribution is 0.154. The topological polar surface area (TPSA) is 27.1 Å². The van der Waals surface area contributed by atoms with Crippen molar-refractivity contribution in [2.24, 2.45) is 0 Å². The van der Waals surface area contributed by atoms with Gasteiger partial charge in [-0.1, -0.05) is 18.2 Å². The SMILES string of the molecule is C=CCOCCn1cnc2ccccc21. The number of aromatic nitrogens is 2. The Morgan fingerprint density at radius 1 is 1.40 bits per heavy atom. The summed E-state index contributed by atoms with van der Waals surface area (Å²) >= 11 is 0. The van der Waals surface area contributed by atoms with Crippen LogP contribution in [0.3, 0.4) is 0 Å². The van der Waals surface area contributed by atoms with Crippen LogP contribution in [0.4, 0.5) is 0 Å². The molecule has 0 saturated heterocycles. The van der Waals surface area contributed by atoms with Gasteiger partial charge in [-0.25, -0.2) is 4.98 Å². The van der Waals surface area contributed by atoms with Crippen LogP contribution in [0.1, 0.15) is 0 Å². The highest BCUT2D eigenvalue weighted by atomic mass is 16.5. The molecule has 1 heterocycles. The zero-order chi connectivity index (χ0) is 10.5. The van der Waals surface area contributed by atoms with E-state index in [1.807, 2.05) is 24.5 Å². The highest BCUT2D eigenvalue weighted by Gasteiger charge is 1.99.